The fourth-order valence-corrected chi connectivity index (χ4v) is 6.44. The number of fused-ring (bicyclic) bond motifs is 2. The Balaban J connectivity index is 1.08. The molecule has 11 nitrogen and oxygen atoms in total. The smallest absolute Gasteiger partial charge is 0.337 e. The molecule has 2 fully saturated rings. The summed E-state index contributed by atoms with van der Waals surface area (Å²) in [6.45, 7) is 2.83. The number of nitrogens with zero attached hydrogens (tertiary/aromatic N) is 8. The monoisotopic (exact) mass is 620 g/mol. The van der Waals surface area contributed by atoms with Crippen LogP contribution < -0.4 is 9.64 Å². The molecule has 46 heavy (non-hydrogen) atoms. The van der Waals surface area contributed by atoms with Crippen LogP contribution in [-0.2, 0) is 31.5 Å². The lowest BCUT2D eigenvalue weighted by Crippen LogP contribution is -2.64. The minimum atomic E-state index is -0.471. The number of halogens is 1. The van der Waals surface area contributed by atoms with E-state index in [1.165, 1.54) is 13.2 Å². The number of benzene rings is 2. The van der Waals surface area contributed by atoms with Crippen LogP contribution in [0, 0.1) is 17.1 Å². The molecule has 0 spiro atoms. The van der Waals surface area contributed by atoms with Crippen LogP contribution in [0.2, 0.25) is 0 Å². The van der Waals surface area contributed by atoms with Gasteiger partial charge in [-0.25, -0.2) is 14.2 Å². The second-order valence-electron chi connectivity index (χ2n) is 11.7. The van der Waals surface area contributed by atoms with Crippen molar-refractivity contribution in [1.82, 2.24) is 29.2 Å². The van der Waals surface area contributed by atoms with E-state index >= 15 is 0 Å². The van der Waals surface area contributed by atoms with E-state index in [4.69, 9.17) is 24.7 Å². The average Bonchev–Trinajstić information content (AvgIpc) is 3.62. The van der Waals surface area contributed by atoms with Crippen LogP contribution in [0.3, 0.4) is 0 Å². The van der Waals surface area contributed by atoms with Crippen molar-refractivity contribution in [3.63, 3.8) is 0 Å². The maximum atomic E-state index is 14.4. The molecular weight excluding hydrogens is 587 g/mol. The van der Waals surface area contributed by atoms with Gasteiger partial charge in [-0.2, -0.15) is 15.3 Å². The summed E-state index contributed by atoms with van der Waals surface area (Å²) in [5, 5.41) is 13.6. The number of esters is 1. The lowest BCUT2D eigenvalue weighted by atomic mass is 9.81. The number of imidazole rings is 1. The van der Waals surface area contributed by atoms with Crippen molar-refractivity contribution in [2.45, 2.75) is 44.6 Å². The first-order valence-electron chi connectivity index (χ1n) is 15.3. The molecule has 0 amide bonds. The highest BCUT2D eigenvalue weighted by Gasteiger charge is 2.43. The van der Waals surface area contributed by atoms with Crippen molar-refractivity contribution in [2.24, 2.45) is 7.05 Å². The van der Waals surface area contributed by atoms with Gasteiger partial charge in [0, 0.05) is 50.0 Å². The van der Waals surface area contributed by atoms with Crippen molar-refractivity contribution in [3.8, 4) is 11.9 Å². The predicted molar refractivity (Wildman–Crippen MR) is 168 cm³/mol. The summed E-state index contributed by atoms with van der Waals surface area (Å²) in [6.07, 6.45) is 4.05. The predicted octanol–water partition coefficient (Wildman–Crippen LogP) is 4.44. The molecule has 0 N–H and O–H groups in total. The number of hydrogen-bond donors (Lipinski definition) is 0. The fraction of sp³-hybridized carbons (Fsp3) is 0.324. The molecular formula is C34H33FN8O3. The van der Waals surface area contributed by atoms with E-state index in [9.17, 15) is 9.18 Å². The number of piperazine rings is 1. The molecule has 5 aromatic rings. The summed E-state index contributed by atoms with van der Waals surface area (Å²) in [6, 6.07) is 20.1. The SMILES string of the molecule is COC(=O)c1ccc2nc(CN3CCN(c4cccc(OCc5ccc(C#N)cc5F)n4)[C@H]4CC[C@H]43)n(Cc3ccn(C)n3)c2c1. The highest BCUT2D eigenvalue weighted by Crippen LogP contribution is 2.37. The van der Waals surface area contributed by atoms with Crippen LogP contribution in [0.5, 0.6) is 5.88 Å². The van der Waals surface area contributed by atoms with Crippen LogP contribution in [0.25, 0.3) is 11.0 Å². The maximum absolute atomic E-state index is 14.4. The van der Waals surface area contributed by atoms with Crippen LogP contribution in [0.15, 0.2) is 66.9 Å². The summed E-state index contributed by atoms with van der Waals surface area (Å²) in [7, 11) is 3.28. The molecule has 12 heteroatoms. The molecule has 1 saturated carbocycles. The maximum Gasteiger partial charge on any atom is 0.337 e. The zero-order chi connectivity index (χ0) is 31.8. The van der Waals surface area contributed by atoms with Gasteiger partial charge in [0.05, 0.1) is 54.1 Å². The van der Waals surface area contributed by atoms with Gasteiger partial charge in [0.1, 0.15) is 24.1 Å². The summed E-state index contributed by atoms with van der Waals surface area (Å²) in [5.41, 5.74) is 3.73. The zero-order valence-corrected chi connectivity index (χ0v) is 25.6. The number of methoxy groups -OCH3 is 1. The Labute approximate surface area is 265 Å². The van der Waals surface area contributed by atoms with E-state index in [1.54, 1.807) is 28.9 Å². The summed E-state index contributed by atoms with van der Waals surface area (Å²) >= 11 is 0. The molecule has 2 atom stereocenters. The Morgan fingerprint density at radius 3 is 2.65 bits per heavy atom. The molecule has 4 heterocycles. The first kappa shape index (κ1) is 29.4. The summed E-state index contributed by atoms with van der Waals surface area (Å²) in [5.74, 6) is 1.33. The van der Waals surface area contributed by atoms with Gasteiger partial charge in [0.15, 0.2) is 0 Å². The van der Waals surface area contributed by atoms with Gasteiger partial charge in [-0.15, -0.1) is 0 Å². The van der Waals surface area contributed by atoms with E-state index in [2.05, 4.69) is 19.5 Å². The largest absolute Gasteiger partial charge is 0.473 e. The Bertz CT molecular complexity index is 1960. The van der Waals surface area contributed by atoms with Crippen LogP contribution in [0.4, 0.5) is 10.2 Å². The van der Waals surface area contributed by atoms with Crippen molar-refractivity contribution in [2.75, 3.05) is 25.1 Å². The number of carbonyl (C=O) groups is 1. The highest BCUT2D eigenvalue weighted by atomic mass is 19.1. The third kappa shape index (κ3) is 5.65. The lowest BCUT2D eigenvalue weighted by molar-refractivity contribution is 0.0600. The number of rotatable bonds is 9. The zero-order valence-electron chi connectivity index (χ0n) is 25.6. The second kappa shape index (κ2) is 12.3. The van der Waals surface area contributed by atoms with Crippen LogP contribution in [0.1, 0.15) is 45.8 Å². The standard InChI is InChI=1S/C34H33FN8O3/c1-40-13-12-25(39-40)19-43-30-17-23(34(44)45-2)8-9-27(30)37-32(43)20-41-14-15-42(29-11-10-28(29)41)31-4-3-5-33(38-31)46-21-24-7-6-22(18-36)16-26(24)35/h3-9,12-13,16-17,28-29H,10-11,14-15,19-21H2,1-2H3/t28-,29+/m1/s1. The molecule has 1 aliphatic heterocycles. The quantitative estimate of drug-likeness (QED) is 0.221. The third-order valence-corrected chi connectivity index (χ3v) is 8.94. The molecule has 3 aromatic heterocycles. The Hall–Kier alpha value is -5.28. The molecule has 234 valence electrons. The number of anilines is 1. The van der Waals surface area contributed by atoms with Gasteiger partial charge < -0.3 is 18.9 Å². The molecule has 1 aliphatic carbocycles. The summed E-state index contributed by atoms with van der Waals surface area (Å²) in [4.78, 5) is 27.0. The third-order valence-electron chi connectivity index (χ3n) is 8.94. The molecule has 0 radical (unpaired) electrons. The van der Waals surface area contributed by atoms with E-state index in [1.807, 2.05) is 49.6 Å². The topological polar surface area (TPSA) is 114 Å². The Morgan fingerprint density at radius 1 is 1.04 bits per heavy atom. The van der Waals surface area contributed by atoms with Crippen molar-refractivity contribution < 1.29 is 18.7 Å². The number of carbonyl (C=O) groups excluding carboxylic acids is 1. The van der Waals surface area contributed by atoms with Gasteiger partial charge in [-0.3, -0.25) is 9.58 Å². The van der Waals surface area contributed by atoms with E-state index < -0.39 is 5.82 Å². The highest BCUT2D eigenvalue weighted by molar-refractivity contribution is 5.93. The van der Waals surface area contributed by atoms with Gasteiger partial charge in [-0.1, -0.05) is 12.1 Å². The molecule has 1 saturated heterocycles. The minimum absolute atomic E-state index is 0.0223. The van der Waals surface area contributed by atoms with Crippen molar-refractivity contribution in [1.29, 1.82) is 5.26 Å². The average molecular weight is 621 g/mol. The molecule has 2 aromatic carbocycles. The molecule has 0 bridgehead atoms. The van der Waals surface area contributed by atoms with E-state index in [0.717, 1.165) is 54.3 Å². The number of nitriles is 1. The van der Waals surface area contributed by atoms with Gasteiger partial charge in [0.25, 0.3) is 0 Å². The van der Waals surface area contributed by atoms with Gasteiger partial charge in [0.2, 0.25) is 5.88 Å². The molecule has 2 aliphatic rings. The first-order chi connectivity index (χ1) is 22.4. The van der Waals surface area contributed by atoms with Crippen LogP contribution in [-0.4, -0.2) is 67.5 Å². The second-order valence-corrected chi connectivity index (χ2v) is 11.7. The van der Waals surface area contributed by atoms with Gasteiger partial charge in [-0.05, 0) is 55.3 Å². The molecule has 0 unspecified atom stereocenters. The minimum Gasteiger partial charge on any atom is -0.473 e. The fourth-order valence-electron chi connectivity index (χ4n) is 6.44. The summed E-state index contributed by atoms with van der Waals surface area (Å²) < 4.78 is 29.1. The normalized spacial score (nSPS) is 17.7. The number of hydrogen-bond acceptors (Lipinski definition) is 9. The Kier molecular flexibility index (Phi) is 7.84. The first-order valence-corrected chi connectivity index (χ1v) is 15.3. The van der Waals surface area contributed by atoms with Crippen molar-refractivity contribution >= 4 is 22.8 Å². The lowest BCUT2D eigenvalue weighted by Gasteiger charge is -2.54. The van der Waals surface area contributed by atoms with Crippen LogP contribution >= 0.6 is 0 Å². The molecule has 7 rings (SSSR count). The number of ether oxygens (including phenoxy) is 2. The number of aromatic nitrogens is 5. The Morgan fingerprint density at radius 2 is 1.91 bits per heavy atom. The number of pyridine rings is 1. The van der Waals surface area contributed by atoms with E-state index in [0.29, 0.717) is 42.2 Å². The van der Waals surface area contributed by atoms with E-state index in [-0.39, 0.29) is 18.1 Å². The number of aryl methyl sites for hydroxylation is 1. The van der Waals surface area contributed by atoms with Crippen molar-refractivity contribution in [3.05, 3.63) is 101 Å². The van der Waals surface area contributed by atoms with Gasteiger partial charge >= 0.3 is 5.97 Å².